The molecule has 3 heteroatoms. The Hall–Kier alpha value is -0.570. The van der Waals surface area contributed by atoms with Crippen molar-refractivity contribution < 1.29 is 0 Å². The third kappa shape index (κ3) is 4.79. The summed E-state index contributed by atoms with van der Waals surface area (Å²) in [5.41, 5.74) is 2.50. The maximum absolute atomic E-state index is 6.16. The van der Waals surface area contributed by atoms with Gasteiger partial charge in [0.25, 0.3) is 0 Å². The smallest absolute Gasteiger partial charge is 0.0437 e. The van der Waals surface area contributed by atoms with E-state index in [4.69, 9.17) is 11.6 Å². The maximum Gasteiger partial charge on any atom is 0.0437 e. The maximum atomic E-state index is 6.16. The quantitative estimate of drug-likeness (QED) is 0.789. The Morgan fingerprint density at radius 3 is 2.63 bits per heavy atom. The van der Waals surface area contributed by atoms with Gasteiger partial charge < -0.3 is 9.80 Å². The van der Waals surface area contributed by atoms with Gasteiger partial charge in [-0.2, -0.15) is 0 Å². The first-order valence-electron chi connectivity index (χ1n) is 7.31. The predicted molar refractivity (Wildman–Crippen MR) is 83.1 cm³/mol. The summed E-state index contributed by atoms with van der Waals surface area (Å²) in [6.45, 7) is 8.12. The summed E-state index contributed by atoms with van der Waals surface area (Å²) in [4.78, 5) is 4.99. The highest BCUT2D eigenvalue weighted by Crippen LogP contribution is 2.17. The van der Waals surface area contributed by atoms with E-state index in [-0.39, 0.29) is 0 Å². The summed E-state index contributed by atoms with van der Waals surface area (Å²) in [5, 5.41) is 0.886. The molecule has 0 radical (unpaired) electrons. The van der Waals surface area contributed by atoms with Crippen molar-refractivity contribution in [2.45, 2.75) is 26.2 Å². The third-order valence-corrected chi connectivity index (χ3v) is 4.42. The molecule has 106 valence electrons. The van der Waals surface area contributed by atoms with Crippen LogP contribution in [-0.2, 0) is 6.42 Å². The second kappa shape index (κ2) is 7.28. The monoisotopic (exact) mass is 280 g/mol. The summed E-state index contributed by atoms with van der Waals surface area (Å²) in [6.07, 6.45) is 3.84. The molecule has 1 saturated heterocycles. The van der Waals surface area contributed by atoms with Crippen LogP contribution in [0.4, 0.5) is 0 Å². The second-order valence-corrected chi connectivity index (χ2v) is 6.09. The van der Waals surface area contributed by atoms with E-state index in [1.165, 1.54) is 44.6 Å². The lowest BCUT2D eigenvalue weighted by Crippen LogP contribution is -2.32. The minimum absolute atomic E-state index is 0.886. The van der Waals surface area contributed by atoms with Crippen molar-refractivity contribution in [3.05, 3.63) is 34.3 Å². The van der Waals surface area contributed by atoms with Crippen LogP contribution in [0.3, 0.4) is 0 Å². The van der Waals surface area contributed by atoms with E-state index in [9.17, 15) is 0 Å². The lowest BCUT2D eigenvalue weighted by Gasteiger charge is -2.21. The fraction of sp³-hybridized carbons (Fsp3) is 0.625. The van der Waals surface area contributed by atoms with E-state index < -0.39 is 0 Å². The van der Waals surface area contributed by atoms with Gasteiger partial charge in [-0.3, -0.25) is 0 Å². The van der Waals surface area contributed by atoms with Crippen LogP contribution in [0.15, 0.2) is 18.2 Å². The van der Waals surface area contributed by atoms with Crippen LogP contribution in [-0.4, -0.2) is 49.6 Å². The minimum Gasteiger partial charge on any atom is -0.305 e. The molecule has 19 heavy (non-hydrogen) atoms. The van der Waals surface area contributed by atoms with Crippen LogP contribution in [0.1, 0.15) is 24.0 Å². The Labute approximate surface area is 122 Å². The molecule has 0 spiro atoms. The van der Waals surface area contributed by atoms with Gasteiger partial charge in [0.1, 0.15) is 0 Å². The summed E-state index contributed by atoms with van der Waals surface area (Å²) < 4.78 is 0. The van der Waals surface area contributed by atoms with Crippen molar-refractivity contribution in [2.24, 2.45) is 0 Å². The molecule has 0 atom stereocenters. The zero-order chi connectivity index (χ0) is 13.7. The van der Waals surface area contributed by atoms with Crippen molar-refractivity contribution in [1.29, 1.82) is 0 Å². The van der Waals surface area contributed by atoms with Crippen LogP contribution in [0, 0.1) is 6.92 Å². The molecule has 0 amide bonds. The molecular formula is C16H25ClN2. The van der Waals surface area contributed by atoms with Crippen LogP contribution in [0.2, 0.25) is 5.02 Å². The molecule has 2 rings (SSSR count). The highest BCUT2D eigenvalue weighted by Gasteiger charge is 2.11. The number of rotatable bonds is 6. The molecule has 0 saturated carbocycles. The molecule has 0 aromatic heterocycles. The lowest BCUT2D eigenvalue weighted by atomic mass is 10.1. The standard InChI is InChI=1S/C16H25ClN2/c1-14-5-6-15(13-16(14)17)7-10-18(2)11-12-19-8-3-4-9-19/h5-6,13H,3-4,7-12H2,1-2H3. The highest BCUT2D eigenvalue weighted by molar-refractivity contribution is 6.31. The van der Waals surface area contributed by atoms with E-state index in [1.807, 2.05) is 6.92 Å². The number of hydrogen-bond donors (Lipinski definition) is 0. The van der Waals surface area contributed by atoms with Gasteiger partial charge >= 0.3 is 0 Å². The van der Waals surface area contributed by atoms with Crippen molar-refractivity contribution in [3.63, 3.8) is 0 Å². The van der Waals surface area contributed by atoms with E-state index in [0.717, 1.165) is 23.6 Å². The predicted octanol–water partition coefficient (Wildman–Crippen LogP) is 3.22. The van der Waals surface area contributed by atoms with Crippen LogP contribution in [0.25, 0.3) is 0 Å². The first-order chi connectivity index (χ1) is 9.15. The van der Waals surface area contributed by atoms with E-state index >= 15 is 0 Å². The average Bonchev–Trinajstić information content (AvgIpc) is 2.91. The number of halogens is 1. The fourth-order valence-corrected chi connectivity index (χ4v) is 2.75. The van der Waals surface area contributed by atoms with Crippen LogP contribution >= 0.6 is 11.6 Å². The number of likely N-dealkylation sites (N-methyl/N-ethyl adjacent to an activating group) is 1. The molecule has 1 aliphatic heterocycles. The number of hydrogen-bond acceptors (Lipinski definition) is 2. The van der Waals surface area contributed by atoms with Crippen LogP contribution < -0.4 is 0 Å². The molecule has 0 unspecified atom stereocenters. The van der Waals surface area contributed by atoms with E-state index in [2.05, 4.69) is 35.0 Å². The molecular weight excluding hydrogens is 256 g/mol. The van der Waals surface area contributed by atoms with Gasteiger partial charge in [0, 0.05) is 24.7 Å². The number of benzene rings is 1. The highest BCUT2D eigenvalue weighted by atomic mass is 35.5. The fourth-order valence-electron chi connectivity index (χ4n) is 2.54. The van der Waals surface area contributed by atoms with Crippen LogP contribution in [0.5, 0.6) is 0 Å². The Bertz CT molecular complexity index is 400. The summed E-state index contributed by atoms with van der Waals surface area (Å²) >= 11 is 6.16. The third-order valence-electron chi connectivity index (χ3n) is 4.02. The SMILES string of the molecule is Cc1ccc(CCN(C)CCN2CCCC2)cc1Cl. The zero-order valence-electron chi connectivity index (χ0n) is 12.2. The largest absolute Gasteiger partial charge is 0.305 e. The first kappa shape index (κ1) is 14.8. The molecule has 1 aliphatic rings. The molecule has 1 aromatic carbocycles. The molecule has 1 fully saturated rings. The van der Waals surface area contributed by atoms with Gasteiger partial charge in [-0.15, -0.1) is 0 Å². The molecule has 2 nitrogen and oxygen atoms in total. The average molecular weight is 281 g/mol. The second-order valence-electron chi connectivity index (χ2n) is 5.69. The van der Waals surface area contributed by atoms with Gasteiger partial charge in [0.15, 0.2) is 0 Å². The number of aryl methyl sites for hydroxylation is 1. The zero-order valence-corrected chi connectivity index (χ0v) is 12.9. The summed E-state index contributed by atoms with van der Waals surface area (Å²) in [6, 6.07) is 6.41. The van der Waals surface area contributed by atoms with Crippen molar-refractivity contribution in [3.8, 4) is 0 Å². The van der Waals surface area contributed by atoms with E-state index in [1.54, 1.807) is 0 Å². The Balaban J connectivity index is 1.70. The molecule has 0 bridgehead atoms. The number of nitrogens with zero attached hydrogens (tertiary/aromatic N) is 2. The first-order valence-corrected chi connectivity index (χ1v) is 7.69. The topological polar surface area (TPSA) is 6.48 Å². The van der Waals surface area contributed by atoms with Gasteiger partial charge in [-0.25, -0.2) is 0 Å². The molecule has 0 aliphatic carbocycles. The lowest BCUT2D eigenvalue weighted by molar-refractivity contribution is 0.259. The Morgan fingerprint density at radius 1 is 1.21 bits per heavy atom. The van der Waals surface area contributed by atoms with Crippen molar-refractivity contribution in [2.75, 3.05) is 39.8 Å². The Kier molecular flexibility index (Phi) is 5.68. The number of likely N-dealkylation sites (tertiary alicyclic amines) is 1. The Morgan fingerprint density at radius 2 is 1.95 bits per heavy atom. The molecule has 1 heterocycles. The normalized spacial score (nSPS) is 16.4. The van der Waals surface area contributed by atoms with E-state index in [0.29, 0.717) is 0 Å². The van der Waals surface area contributed by atoms with Crippen molar-refractivity contribution >= 4 is 11.6 Å². The molecule has 0 N–H and O–H groups in total. The van der Waals surface area contributed by atoms with Gasteiger partial charge in [0.2, 0.25) is 0 Å². The molecule has 1 aromatic rings. The summed E-state index contributed by atoms with van der Waals surface area (Å²) in [7, 11) is 2.21. The van der Waals surface area contributed by atoms with Gasteiger partial charge in [-0.05, 0) is 63.5 Å². The summed E-state index contributed by atoms with van der Waals surface area (Å²) in [5.74, 6) is 0. The van der Waals surface area contributed by atoms with Crippen molar-refractivity contribution in [1.82, 2.24) is 9.80 Å². The van der Waals surface area contributed by atoms with Gasteiger partial charge in [-0.1, -0.05) is 23.7 Å². The van der Waals surface area contributed by atoms with Gasteiger partial charge in [0.05, 0.1) is 0 Å². The minimum atomic E-state index is 0.886.